The lowest BCUT2D eigenvalue weighted by molar-refractivity contribution is -0.749. The van der Waals surface area contributed by atoms with Crippen molar-refractivity contribution in [2.75, 3.05) is 20.3 Å². The number of ether oxygens (including phenoxy) is 2. The number of hydrogen-bond donors (Lipinski definition) is 2. The number of fused-ring (bicyclic) bond motifs is 1. The zero-order valence-corrected chi connectivity index (χ0v) is 7.90. The van der Waals surface area contributed by atoms with Gasteiger partial charge in [-0.2, -0.15) is 0 Å². The SMILES string of the molecule is C[N+]1([O-])C=C2OCC(N)(N)COC2=C1. The molecule has 4 N–H and O–H groups in total. The van der Waals surface area contributed by atoms with Crippen LogP contribution in [-0.2, 0) is 9.47 Å². The number of hydrogen-bond acceptors (Lipinski definition) is 5. The Kier molecular flexibility index (Phi) is 1.83. The van der Waals surface area contributed by atoms with Crippen LogP contribution in [0.3, 0.4) is 0 Å². The number of quaternary nitrogens is 1. The van der Waals surface area contributed by atoms with E-state index in [1.807, 2.05) is 0 Å². The molecule has 0 bridgehead atoms. The summed E-state index contributed by atoms with van der Waals surface area (Å²) in [7, 11) is 1.47. The molecular formula is C8H13N3O3. The van der Waals surface area contributed by atoms with E-state index in [0.717, 1.165) is 0 Å². The molecule has 2 aliphatic rings. The Balaban J connectivity index is 2.22. The summed E-state index contributed by atoms with van der Waals surface area (Å²) < 4.78 is 9.93. The molecule has 0 aromatic carbocycles. The zero-order chi connectivity index (χ0) is 10.4. The summed E-state index contributed by atoms with van der Waals surface area (Å²) in [6.07, 6.45) is 2.80. The van der Waals surface area contributed by atoms with Gasteiger partial charge in [0.1, 0.15) is 31.3 Å². The third-order valence-electron chi connectivity index (χ3n) is 1.98. The minimum absolute atomic E-state index is 0.135. The highest BCUT2D eigenvalue weighted by atomic mass is 16.6. The molecule has 1 fully saturated rings. The van der Waals surface area contributed by atoms with Gasteiger partial charge in [-0.1, -0.05) is 0 Å². The maximum atomic E-state index is 11.5. The first-order chi connectivity index (χ1) is 6.38. The molecule has 0 radical (unpaired) electrons. The molecule has 0 aliphatic carbocycles. The number of rotatable bonds is 0. The van der Waals surface area contributed by atoms with Crippen LogP contribution >= 0.6 is 0 Å². The van der Waals surface area contributed by atoms with Crippen LogP contribution in [0.15, 0.2) is 23.9 Å². The van der Waals surface area contributed by atoms with E-state index in [-0.39, 0.29) is 13.2 Å². The molecule has 0 amide bonds. The Morgan fingerprint density at radius 2 is 1.71 bits per heavy atom. The third-order valence-corrected chi connectivity index (χ3v) is 1.98. The Morgan fingerprint density at radius 1 is 1.29 bits per heavy atom. The summed E-state index contributed by atoms with van der Waals surface area (Å²) >= 11 is 0. The summed E-state index contributed by atoms with van der Waals surface area (Å²) in [5.74, 6) is 0.834. The lowest BCUT2D eigenvalue weighted by Crippen LogP contribution is -2.56. The molecule has 0 atom stereocenters. The molecule has 14 heavy (non-hydrogen) atoms. The average Bonchev–Trinajstić information content (AvgIpc) is 2.27. The molecule has 0 aromatic heterocycles. The summed E-state index contributed by atoms with van der Waals surface area (Å²) in [4.78, 5) is 0. The predicted molar refractivity (Wildman–Crippen MR) is 48.7 cm³/mol. The van der Waals surface area contributed by atoms with Crippen LogP contribution in [0.25, 0.3) is 0 Å². The molecule has 6 heteroatoms. The Morgan fingerprint density at radius 3 is 2.14 bits per heavy atom. The van der Waals surface area contributed by atoms with Crippen molar-refractivity contribution in [1.29, 1.82) is 0 Å². The molecule has 0 spiro atoms. The number of hydroxylamine groups is 3. The van der Waals surface area contributed by atoms with Gasteiger partial charge in [-0.05, 0) is 0 Å². The maximum Gasteiger partial charge on any atom is 0.221 e. The van der Waals surface area contributed by atoms with E-state index in [9.17, 15) is 5.21 Å². The molecule has 2 heterocycles. The summed E-state index contributed by atoms with van der Waals surface area (Å²) in [5.41, 5.74) is 10.3. The largest absolute Gasteiger partial charge is 0.623 e. The highest BCUT2D eigenvalue weighted by molar-refractivity contribution is 5.23. The molecular weight excluding hydrogens is 186 g/mol. The first-order valence-corrected chi connectivity index (χ1v) is 4.24. The van der Waals surface area contributed by atoms with E-state index in [0.29, 0.717) is 11.5 Å². The van der Waals surface area contributed by atoms with Crippen molar-refractivity contribution in [3.05, 3.63) is 29.1 Å². The van der Waals surface area contributed by atoms with Crippen LogP contribution in [0.1, 0.15) is 0 Å². The monoisotopic (exact) mass is 199 g/mol. The standard InChI is InChI=1S/C8H13N3O3/c1-11(12)2-6-7(3-11)14-5-8(9,10)4-13-6/h2-3H,4-5,9-10H2,1H3. The maximum absolute atomic E-state index is 11.5. The van der Waals surface area contributed by atoms with Crippen molar-refractivity contribution in [1.82, 2.24) is 0 Å². The minimum atomic E-state index is -1.00. The minimum Gasteiger partial charge on any atom is -0.623 e. The van der Waals surface area contributed by atoms with Gasteiger partial charge in [0.2, 0.25) is 11.5 Å². The quantitative estimate of drug-likeness (QED) is 0.305. The van der Waals surface area contributed by atoms with E-state index in [2.05, 4.69) is 0 Å². The molecule has 1 saturated heterocycles. The van der Waals surface area contributed by atoms with Gasteiger partial charge in [-0.3, -0.25) is 0 Å². The average molecular weight is 199 g/mol. The topological polar surface area (TPSA) is 93.6 Å². The molecule has 0 aromatic rings. The van der Waals surface area contributed by atoms with Crippen LogP contribution in [0.4, 0.5) is 0 Å². The number of nitrogens with zero attached hydrogens (tertiary/aromatic N) is 1. The van der Waals surface area contributed by atoms with Gasteiger partial charge < -0.3 is 30.8 Å². The first kappa shape index (κ1) is 9.47. The lowest BCUT2D eigenvalue weighted by atomic mass is 10.2. The summed E-state index contributed by atoms with van der Waals surface area (Å²) in [6.45, 7) is 0.270. The second-order valence-electron chi connectivity index (χ2n) is 3.86. The molecule has 0 unspecified atom stereocenters. The van der Waals surface area contributed by atoms with Crippen LogP contribution < -0.4 is 11.5 Å². The van der Waals surface area contributed by atoms with E-state index < -0.39 is 10.3 Å². The van der Waals surface area contributed by atoms with Crippen molar-refractivity contribution < 1.29 is 14.1 Å². The van der Waals surface area contributed by atoms with Gasteiger partial charge in [0.05, 0.1) is 7.05 Å². The van der Waals surface area contributed by atoms with Gasteiger partial charge in [0.25, 0.3) is 0 Å². The first-order valence-electron chi connectivity index (χ1n) is 4.24. The number of nitrogens with two attached hydrogens (primary N) is 2. The molecule has 6 nitrogen and oxygen atoms in total. The predicted octanol–water partition coefficient (Wildman–Crippen LogP) is -0.712. The highest BCUT2D eigenvalue weighted by Gasteiger charge is 2.33. The Bertz CT molecular complexity index is 292. The zero-order valence-electron chi connectivity index (χ0n) is 7.90. The van der Waals surface area contributed by atoms with Crippen molar-refractivity contribution >= 4 is 0 Å². The van der Waals surface area contributed by atoms with E-state index in [1.54, 1.807) is 0 Å². The fourth-order valence-corrected chi connectivity index (χ4v) is 1.31. The van der Waals surface area contributed by atoms with Crippen LogP contribution in [0.2, 0.25) is 0 Å². The van der Waals surface area contributed by atoms with Gasteiger partial charge in [-0.25, -0.2) is 0 Å². The van der Waals surface area contributed by atoms with Crippen molar-refractivity contribution in [2.45, 2.75) is 5.66 Å². The van der Waals surface area contributed by atoms with Crippen molar-refractivity contribution in [3.8, 4) is 0 Å². The highest BCUT2D eigenvalue weighted by Crippen LogP contribution is 2.28. The molecule has 2 aliphatic heterocycles. The smallest absolute Gasteiger partial charge is 0.221 e. The Labute approximate surface area is 81.5 Å². The van der Waals surface area contributed by atoms with E-state index >= 15 is 0 Å². The van der Waals surface area contributed by atoms with Crippen LogP contribution in [0, 0.1) is 5.21 Å². The molecule has 2 rings (SSSR count). The fourth-order valence-electron chi connectivity index (χ4n) is 1.31. The van der Waals surface area contributed by atoms with Crippen LogP contribution in [-0.4, -0.2) is 30.6 Å². The van der Waals surface area contributed by atoms with E-state index in [1.165, 1.54) is 19.4 Å². The molecule has 0 saturated carbocycles. The van der Waals surface area contributed by atoms with Gasteiger partial charge >= 0.3 is 0 Å². The van der Waals surface area contributed by atoms with Gasteiger partial charge in [-0.15, -0.1) is 0 Å². The Hall–Kier alpha value is -1.08. The summed E-state index contributed by atoms with van der Waals surface area (Å²) in [5, 5.41) is 11.5. The van der Waals surface area contributed by atoms with Crippen molar-refractivity contribution in [2.24, 2.45) is 11.5 Å². The fraction of sp³-hybridized carbons (Fsp3) is 0.500. The molecule has 78 valence electrons. The second kappa shape index (κ2) is 2.71. The lowest BCUT2D eigenvalue weighted by Gasteiger charge is -2.26. The third kappa shape index (κ3) is 1.73. The van der Waals surface area contributed by atoms with E-state index in [4.69, 9.17) is 20.9 Å². The van der Waals surface area contributed by atoms with Gasteiger partial charge in [0, 0.05) is 0 Å². The normalized spacial score (nSPS) is 27.7. The van der Waals surface area contributed by atoms with Crippen molar-refractivity contribution in [3.63, 3.8) is 0 Å². The van der Waals surface area contributed by atoms with Crippen LogP contribution in [0.5, 0.6) is 0 Å². The second-order valence-corrected chi connectivity index (χ2v) is 3.86. The summed E-state index contributed by atoms with van der Waals surface area (Å²) in [6, 6.07) is 0. The van der Waals surface area contributed by atoms with Gasteiger partial charge in [0.15, 0.2) is 0 Å².